The van der Waals surface area contributed by atoms with Crippen LogP contribution < -0.4 is 0 Å². The van der Waals surface area contributed by atoms with E-state index in [-0.39, 0.29) is 5.82 Å². The maximum atomic E-state index is 10.8. The molecule has 0 amide bonds. The van der Waals surface area contributed by atoms with Crippen LogP contribution in [0.1, 0.15) is 0 Å². The van der Waals surface area contributed by atoms with E-state index < -0.39 is 21.2 Å². The third-order valence-corrected chi connectivity index (χ3v) is 2.26. The third kappa shape index (κ3) is 2.96. The number of hydrogen-bond acceptors (Lipinski definition) is 7. The van der Waals surface area contributed by atoms with Crippen LogP contribution in [0.5, 0.6) is 0 Å². The smallest absolute Gasteiger partial charge is 0.258 e. The molecular weight excluding hydrogens is 266 g/mol. The van der Waals surface area contributed by atoms with Crippen molar-refractivity contribution in [1.82, 2.24) is 4.98 Å². The minimum atomic E-state index is -0.792. The second-order valence-corrected chi connectivity index (χ2v) is 3.59. The summed E-state index contributed by atoms with van der Waals surface area (Å²) in [6, 6.07) is 9.34. The van der Waals surface area contributed by atoms with Gasteiger partial charge in [0.25, 0.3) is 11.5 Å². The molecule has 1 aromatic heterocycles. The van der Waals surface area contributed by atoms with Crippen LogP contribution in [0.3, 0.4) is 0 Å². The highest BCUT2D eigenvalue weighted by Crippen LogP contribution is 2.29. The number of pyridine rings is 1. The molecule has 0 spiro atoms. The summed E-state index contributed by atoms with van der Waals surface area (Å²) in [5.41, 5.74) is -0.559. The minimum Gasteiger partial charge on any atom is -0.258 e. The molecule has 0 atom stereocenters. The Labute approximate surface area is 111 Å². The normalized spacial score (nSPS) is 10.6. The summed E-state index contributed by atoms with van der Waals surface area (Å²) < 4.78 is 0. The lowest BCUT2D eigenvalue weighted by atomic mass is 10.3. The van der Waals surface area contributed by atoms with Gasteiger partial charge in [0.1, 0.15) is 6.20 Å². The van der Waals surface area contributed by atoms with Crippen molar-refractivity contribution in [3.8, 4) is 0 Å². The van der Waals surface area contributed by atoms with Crippen molar-refractivity contribution < 1.29 is 9.85 Å². The van der Waals surface area contributed by atoms with E-state index in [0.29, 0.717) is 5.69 Å². The van der Waals surface area contributed by atoms with E-state index in [9.17, 15) is 20.2 Å². The SMILES string of the molecule is O=[N+]([O-])c1cnc(N=Nc2ccccc2)c([N+](=O)[O-])c1. The molecule has 1 heterocycles. The summed E-state index contributed by atoms with van der Waals surface area (Å²) in [5, 5.41) is 28.8. The molecule has 9 heteroatoms. The lowest BCUT2D eigenvalue weighted by molar-refractivity contribution is -0.394. The maximum absolute atomic E-state index is 10.8. The Balaban J connectivity index is 2.39. The van der Waals surface area contributed by atoms with Crippen LogP contribution in [0.25, 0.3) is 0 Å². The molecule has 0 fully saturated rings. The van der Waals surface area contributed by atoms with E-state index in [4.69, 9.17) is 0 Å². The van der Waals surface area contributed by atoms with Gasteiger partial charge in [-0.2, -0.15) is 0 Å². The molecule has 1 aromatic carbocycles. The molecule has 0 N–H and O–H groups in total. The van der Waals surface area contributed by atoms with Crippen LogP contribution in [0.15, 0.2) is 52.8 Å². The zero-order valence-corrected chi connectivity index (χ0v) is 9.91. The van der Waals surface area contributed by atoms with E-state index in [1.165, 1.54) is 0 Å². The Morgan fingerprint density at radius 1 is 1.00 bits per heavy atom. The van der Waals surface area contributed by atoms with E-state index in [2.05, 4.69) is 15.2 Å². The van der Waals surface area contributed by atoms with Crippen molar-refractivity contribution in [3.05, 3.63) is 62.8 Å². The molecule has 0 aliphatic rings. The predicted molar refractivity (Wildman–Crippen MR) is 68.2 cm³/mol. The fourth-order valence-corrected chi connectivity index (χ4v) is 1.35. The first-order valence-corrected chi connectivity index (χ1v) is 5.33. The lowest BCUT2D eigenvalue weighted by Gasteiger charge is -1.96. The van der Waals surface area contributed by atoms with Gasteiger partial charge in [0.15, 0.2) is 0 Å². The van der Waals surface area contributed by atoms with Crippen molar-refractivity contribution in [1.29, 1.82) is 0 Å². The number of nitro groups is 2. The van der Waals surface area contributed by atoms with Crippen molar-refractivity contribution in [2.45, 2.75) is 0 Å². The van der Waals surface area contributed by atoms with Crippen molar-refractivity contribution in [2.24, 2.45) is 10.2 Å². The summed E-state index contributed by atoms with van der Waals surface area (Å²) in [7, 11) is 0. The van der Waals surface area contributed by atoms with Crippen LogP contribution in [0.2, 0.25) is 0 Å². The zero-order chi connectivity index (χ0) is 14.5. The molecule has 0 aliphatic carbocycles. The van der Waals surface area contributed by atoms with Gasteiger partial charge >= 0.3 is 5.69 Å². The first-order valence-electron chi connectivity index (χ1n) is 5.33. The third-order valence-electron chi connectivity index (χ3n) is 2.26. The monoisotopic (exact) mass is 273 g/mol. The Bertz CT molecular complexity index is 686. The van der Waals surface area contributed by atoms with Gasteiger partial charge in [0.2, 0.25) is 0 Å². The topological polar surface area (TPSA) is 124 Å². The molecule has 0 radical (unpaired) electrons. The minimum absolute atomic E-state index is 0.288. The van der Waals surface area contributed by atoms with Gasteiger partial charge in [0, 0.05) is 0 Å². The molecule has 20 heavy (non-hydrogen) atoms. The van der Waals surface area contributed by atoms with E-state index in [1.54, 1.807) is 30.3 Å². The molecule has 2 aromatic rings. The second-order valence-electron chi connectivity index (χ2n) is 3.59. The Morgan fingerprint density at radius 2 is 1.70 bits per heavy atom. The Kier molecular flexibility index (Phi) is 3.70. The van der Waals surface area contributed by atoms with Crippen LogP contribution >= 0.6 is 0 Å². The van der Waals surface area contributed by atoms with Crippen LogP contribution in [-0.2, 0) is 0 Å². The summed E-state index contributed by atoms with van der Waals surface area (Å²) in [4.78, 5) is 23.4. The van der Waals surface area contributed by atoms with Crippen molar-refractivity contribution in [2.75, 3.05) is 0 Å². The maximum Gasteiger partial charge on any atom is 0.322 e. The molecule has 0 unspecified atom stereocenters. The van der Waals surface area contributed by atoms with E-state index in [1.807, 2.05) is 0 Å². The van der Waals surface area contributed by atoms with Gasteiger partial charge in [-0.25, -0.2) is 4.98 Å². The van der Waals surface area contributed by atoms with Gasteiger partial charge in [-0.3, -0.25) is 20.2 Å². The Morgan fingerprint density at radius 3 is 2.30 bits per heavy atom. The summed E-state index contributed by atoms with van der Waals surface area (Å²) in [5.74, 6) is -0.288. The first-order chi connectivity index (χ1) is 9.58. The van der Waals surface area contributed by atoms with Crippen LogP contribution in [-0.4, -0.2) is 14.8 Å². The number of aromatic nitrogens is 1. The highest BCUT2D eigenvalue weighted by Gasteiger charge is 2.20. The molecule has 9 nitrogen and oxygen atoms in total. The van der Waals surface area contributed by atoms with Crippen LogP contribution in [0, 0.1) is 20.2 Å². The first kappa shape index (κ1) is 13.2. The number of rotatable bonds is 4. The van der Waals surface area contributed by atoms with Gasteiger partial charge in [-0.15, -0.1) is 10.2 Å². The summed E-state index contributed by atoms with van der Waals surface area (Å²) >= 11 is 0. The van der Waals surface area contributed by atoms with Crippen LogP contribution in [0.4, 0.5) is 22.9 Å². The molecule has 0 saturated heterocycles. The van der Waals surface area contributed by atoms with E-state index in [0.717, 1.165) is 12.3 Å². The fraction of sp³-hybridized carbons (Fsp3) is 0. The Hall–Kier alpha value is -3.23. The molecule has 2 rings (SSSR count). The molecule has 0 aliphatic heterocycles. The number of nitrogens with zero attached hydrogens (tertiary/aromatic N) is 5. The number of hydrogen-bond donors (Lipinski definition) is 0. The van der Waals surface area contributed by atoms with E-state index >= 15 is 0 Å². The molecule has 100 valence electrons. The van der Waals surface area contributed by atoms with Crippen molar-refractivity contribution in [3.63, 3.8) is 0 Å². The summed E-state index contributed by atoms with van der Waals surface area (Å²) in [6.07, 6.45) is 0.895. The number of benzene rings is 1. The molecule has 0 bridgehead atoms. The second kappa shape index (κ2) is 5.61. The molecular formula is C11H7N5O4. The highest BCUT2D eigenvalue weighted by atomic mass is 16.6. The van der Waals surface area contributed by atoms with Crippen molar-refractivity contribution >= 4 is 22.9 Å². The largest absolute Gasteiger partial charge is 0.322 e. The van der Waals surface area contributed by atoms with Gasteiger partial charge in [-0.05, 0) is 12.1 Å². The zero-order valence-electron chi connectivity index (χ0n) is 9.91. The predicted octanol–water partition coefficient (Wildman–Crippen LogP) is 3.31. The van der Waals surface area contributed by atoms with Gasteiger partial charge < -0.3 is 0 Å². The van der Waals surface area contributed by atoms with Gasteiger partial charge in [-0.1, -0.05) is 18.2 Å². The highest BCUT2D eigenvalue weighted by molar-refractivity contribution is 5.55. The average Bonchev–Trinajstić information content (AvgIpc) is 2.45. The van der Waals surface area contributed by atoms with Gasteiger partial charge in [0.05, 0.1) is 21.6 Å². The molecule has 0 saturated carbocycles. The fourth-order valence-electron chi connectivity index (χ4n) is 1.35. The quantitative estimate of drug-likeness (QED) is 0.480. The standard InChI is InChI=1S/C11H7N5O4/c17-15(18)9-6-10(16(19)20)11(12-7-9)14-13-8-4-2-1-3-5-8/h1-7H. The average molecular weight is 273 g/mol. The lowest BCUT2D eigenvalue weighted by Crippen LogP contribution is -1.94. The number of azo groups is 1. The summed E-state index contributed by atoms with van der Waals surface area (Å²) in [6.45, 7) is 0.